The molecule has 25 rings (SSSR count). The molecule has 16 aliphatic carbocycles. The highest BCUT2D eigenvalue weighted by molar-refractivity contribution is 8.01. The van der Waals surface area contributed by atoms with E-state index < -0.39 is 0 Å². The van der Waals surface area contributed by atoms with Gasteiger partial charge in [-0.15, -0.1) is 47.0 Å². The number of nitrogens with one attached hydrogen (secondary N) is 2. The molecule has 7 aromatic rings. The maximum Gasteiger partial charge on any atom is 0.164 e. The predicted molar refractivity (Wildman–Crippen MR) is 343 cm³/mol. The Morgan fingerprint density at radius 1 is 0.262 bits per heavy atom. The predicted octanol–water partition coefficient (Wildman–Crippen LogP) is 19.1. The lowest BCUT2D eigenvalue weighted by molar-refractivity contribution is 0.0382. The average Bonchev–Trinajstić information content (AvgIpc) is 1.50. The van der Waals surface area contributed by atoms with Crippen LogP contribution in [0.4, 0.5) is 0 Å². The van der Waals surface area contributed by atoms with E-state index in [0.717, 1.165) is 137 Å². The number of hydrogen-bond acceptors (Lipinski definition) is 10. The maximum absolute atomic E-state index is 5.69. The topological polar surface area (TPSA) is 109 Å². The third-order valence-corrected chi connectivity index (χ3v) is 30.7. The van der Waals surface area contributed by atoms with Crippen LogP contribution in [0.2, 0.25) is 0 Å². The second kappa shape index (κ2) is 17.7. The molecule has 18 aliphatic rings. The van der Waals surface area contributed by atoms with Crippen molar-refractivity contribution in [3.63, 3.8) is 0 Å². The second-order valence-corrected chi connectivity index (χ2v) is 37.4. The highest BCUT2D eigenvalue weighted by atomic mass is 32.2. The fourth-order valence-corrected chi connectivity index (χ4v) is 30.7. The van der Waals surface area contributed by atoms with Gasteiger partial charge < -0.3 is 9.97 Å². The van der Waals surface area contributed by atoms with E-state index in [4.69, 9.17) is 29.9 Å². The van der Waals surface area contributed by atoms with Crippen molar-refractivity contribution in [3.05, 3.63) is 72.8 Å². The molecule has 4 aromatic carbocycles. The summed E-state index contributed by atoms with van der Waals surface area (Å²) in [7, 11) is 0. The maximum atomic E-state index is 5.69. The standard InChI is InChI=1S/C72H74N8S4/c1-5-53-57(21-49(1)81-69-25-37-9-38(26-69)11-39(10-37)27-69)65-73-61(53)77-66-58-22-50(82-70-28-40-12-41(29-70)14-42(13-40)30-70)2-6-54(58)63(74-66)79-68-60-24-52(84-72-34-46-18-47(35-72)20-48(19-46)36-72)4-8-56(60)64(76-68)80-67-59-23-51(3-7-55(59)62(75-67)78-65)83-71-31-43-15-44(32-71)17-45(16-43)33-71/h1-8,21-24,37-48H,9-20,25-36H2,(H2,73,74,75,76,77,78,79,80). The van der Waals surface area contributed by atoms with E-state index in [1.165, 1.54) is 174 Å². The zero-order chi connectivity index (χ0) is 54.4. The molecule has 3 aromatic heterocycles. The molecule has 16 saturated carbocycles. The van der Waals surface area contributed by atoms with Crippen LogP contribution in [0.25, 0.3) is 89.7 Å². The van der Waals surface area contributed by atoms with Gasteiger partial charge in [0.1, 0.15) is 22.6 Å². The molecule has 5 heterocycles. The molecule has 426 valence electrons. The summed E-state index contributed by atoms with van der Waals surface area (Å²) in [4.78, 5) is 47.0. The number of aromatic amines is 2. The first-order valence-electron chi connectivity index (χ1n) is 33.2. The second-order valence-electron chi connectivity index (χ2n) is 31.2. The SMILES string of the molecule is c1cc2c(cc1SC13CC4CC(CC(C4)C1)C3)-c1nc-2nc2[nH]c(nc3nc(nc4[nH]c(n1)c1ccc(SC56CC7CC(CC(C7)C5)C6)cc41)-c1ccc(SC45CC6CC(CC(C6)C4)C5)cc1-3)c1ccc(SC34CC5CC(CC(C5)C3)C4)cc21. The highest BCUT2D eigenvalue weighted by Gasteiger charge is 2.55. The van der Waals surface area contributed by atoms with Gasteiger partial charge in [0.2, 0.25) is 0 Å². The van der Waals surface area contributed by atoms with Crippen molar-refractivity contribution in [2.24, 2.45) is 71.0 Å². The van der Waals surface area contributed by atoms with Crippen LogP contribution in [-0.4, -0.2) is 58.9 Å². The van der Waals surface area contributed by atoms with E-state index >= 15 is 0 Å². The summed E-state index contributed by atoms with van der Waals surface area (Å²) in [5, 5.41) is 4.33. The average molecular weight is 1180 g/mol. The minimum atomic E-state index is 0.333. The number of rotatable bonds is 8. The molecule has 0 amide bonds. The van der Waals surface area contributed by atoms with Crippen molar-refractivity contribution < 1.29 is 0 Å². The summed E-state index contributed by atoms with van der Waals surface area (Å²) in [6.07, 6.45) is 33.7. The molecule has 16 fully saturated rings. The molecule has 0 spiro atoms. The lowest BCUT2D eigenvalue weighted by Gasteiger charge is -2.56. The molecular weight excluding hydrogens is 1110 g/mol. The van der Waals surface area contributed by atoms with E-state index in [0.29, 0.717) is 42.3 Å². The smallest absolute Gasteiger partial charge is 0.164 e. The summed E-state index contributed by atoms with van der Waals surface area (Å²) in [6, 6.07) is 28.6. The summed E-state index contributed by atoms with van der Waals surface area (Å²) in [6.45, 7) is 0. The van der Waals surface area contributed by atoms with Gasteiger partial charge in [-0.3, -0.25) is 0 Å². The Morgan fingerprint density at radius 3 is 0.786 bits per heavy atom. The van der Waals surface area contributed by atoms with Crippen molar-refractivity contribution in [2.75, 3.05) is 0 Å². The van der Waals surface area contributed by atoms with Gasteiger partial charge in [0.05, 0.1) is 0 Å². The van der Waals surface area contributed by atoms with Gasteiger partial charge in [0, 0.05) is 82.4 Å². The Hall–Kier alpha value is -4.36. The zero-order valence-electron chi connectivity index (χ0n) is 48.1. The number of hydrogen-bond donors (Lipinski definition) is 2. The molecule has 2 aliphatic heterocycles. The van der Waals surface area contributed by atoms with Crippen molar-refractivity contribution in [1.29, 1.82) is 0 Å². The van der Waals surface area contributed by atoms with Crippen LogP contribution in [-0.2, 0) is 0 Å². The van der Waals surface area contributed by atoms with Gasteiger partial charge in [-0.25, -0.2) is 29.9 Å². The van der Waals surface area contributed by atoms with E-state index in [1.54, 1.807) is 0 Å². The Morgan fingerprint density at radius 2 is 0.500 bits per heavy atom. The summed E-state index contributed by atoms with van der Waals surface area (Å²) >= 11 is 8.70. The number of benzene rings is 4. The first kappa shape index (κ1) is 49.6. The van der Waals surface area contributed by atoms with E-state index in [9.17, 15) is 0 Å². The summed E-state index contributed by atoms with van der Waals surface area (Å²) < 4.78 is 1.34. The van der Waals surface area contributed by atoms with Gasteiger partial charge in [-0.05, 0) is 298 Å². The van der Waals surface area contributed by atoms with Crippen LogP contribution in [0.3, 0.4) is 0 Å². The van der Waals surface area contributed by atoms with Gasteiger partial charge in [-0.1, -0.05) is 0 Å². The Bertz CT molecular complexity index is 3790. The molecule has 12 heteroatoms. The van der Waals surface area contributed by atoms with Gasteiger partial charge in [-0.2, -0.15) is 0 Å². The van der Waals surface area contributed by atoms with E-state index in [2.05, 4.69) is 130 Å². The number of fused-ring (bicyclic) bond motifs is 20. The molecule has 0 atom stereocenters. The first-order chi connectivity index (χ1) is 41.1. The molecule has 0 saturated heterocycles. The highest BCUT2D eigenvalue weighted by Crippen LogP contribution is 2.66. The van der Waals surface area contributed by atoms with Crippen molar-refractivity contribution in [1.82, 2.24) is 39.9 Å². The third-order valence-electron chi connectivity index (χ3n) is 25.0. The molecular formula is C72H74N8S4. The van der Waals surface area contributed by atoms with Crippen molar-refractivity contribution in [2.45, 2.75) is 193 Å². The molecule has 0 unspecified atom stereocenters. The van der Waals surface area contributed by atoms with E-state index in [1.807, 2.05) is 0 Å². The number of H-pyrrole nitrogens is 2. The van der Waals surface area contributed by atoms with Crippen LogP contribution in [0.15, 0.2) is 92.4 Å². The van der Waals surface area contributed by atoms with E-state index in [-0.39, 0.29) is 0 Å². The largest absolute Gasteiger partial charge is 0.324 e. The fraction of sp³-hybridized carbons (Fsp3) is 0.556. The Balaban J connectivity index is 0.764. The van der Waals surface area contributed by atoms with Crippen molar-refractivity contribution in [3.8, 4) is 45.6 Å². The van der Waals surface area contributed by atoms with Crippen LogP contribution >= 0.6 is 47.0 Å². The van der Waals surface area contributed by atoms with Gasteiger partial charge >= 0.3 is 0 Å². The van der Waals surface area contributed by atoms with Gasteiger partial charge in [0.25, 0.3) is 0 Å². The number of aromatic nitrogens is 8. The number of thioether (sulfide) groups is 4. The minimum absolute atomic E-state index is 0.333. The number of nitrogens with zero attached hydrogens (tertiary/aromatic N) is 6. The molecule has 8 nitrogen and oxygen atoms in total. The van der Waals surface area contributed by atoms with Crippen LogP contribution in [0.5, 0.6) is 0 Å². The van der Waals surface area contributed by atoms with Crippen LogP contribution < -0.4 is 0 Å². The zero-order valence-corrected chi connectivity index (χ0v) is 51.4. The first-order valence-corrected chi connectivity index (χ1v) is 36.5. The third kappa shape index (κ3) is 7.94. The molecule has 2 N–H and O–H groups in total. The quantitative estimate of drug-likeness (QED) is 0.153. The monoisotopic (exact) mass is 1180 g/mol. The fourth-order valence-electron chi connectivity index (χ4n) is 23.6. The normalized spacial score (nSPS) is 38.2. The lowest BCUT2D eigenvalue weighted by Crippen LogP contribution is -2.48. The van der Waals surface area contributed by atoms with Gasteiger partial charge in [0.15, 0.2) is 23.3 Å². The minimum Gasteiger partial charge on any atom is -0.324 e. The summed E-state index contributed by atoms with van der Waals surface area (Å²) in [5.41, 5.74) is 7.41. The Labute approximate surface area is 509 Å². The van der Waals surface area contributed by atoms with Crippen molar-refractivity contribution >= 4 is 91.2 Å². The molecule has 0 radical (unpaired) electrons. The Kier molecular flexibility index (Phi) is 10.5. The molecule has 24 bridgehead atoms. The summed E-state index contributed by atoms with van der Waals surface area (Å²) in [5.74, 6) is 13.6. The van der Waals surface area contributed by atoms with Crippen LogP contribution in [0.1, 0.15) is 154 Å². The van der Waals surface area contributed by atoms with Crippen LogP contribution in [0, 0.1) is 71.0 Å². The lowest BCUT2D eigenvalue weighted by atomic mass is 9.56. The molecule has 84 heavy (non-hydrogen) atoms.